The van der Waals surface area contributed by atoms with Gasteiger partial charge in [-0.05, 0) is 26.2 Å². The number of carbonyl (C=O) groups excluding carboxylic acids is 1. The monoisotopic (exact) mass is 386 g/mol. The van der Waals surface area contributed by atoms with Crippen LogP contribution in [0.4, 0.5) is 0 Å². The smallest absolute Gasteiger partial charge is 0.233 e. The van der Waals surface area contributed by atoms with E-state index in [2.05, 4.69) is 10.2 Å². The lowest BCUT2D eigenvalue weighted by Crippen LogP contribution is -2.49. The molecule has 0 bridgehead atoms. The Kier molecular flexibility index (Phi) is 5.72. The summed E-state index contributed by atoms with van der Waals surface area (Å²) in [5.41, 5.74) is 0. The standard InChI is InChI=1S/C16H26N4O3S2/c1-12-17-18-16(19(12)2)24-10-15(21)20(13-6-4-3-5-7-13)14-8-9-25(22,23)11-14/h13-14H,3-11H2,1-2H3/t14-/m1/s1. The summed E-state index contributed by atoms with van der Waals surface area (Å²) in [5, 5.41) is 8.82. The molecule has 1 aromatic heterocycles. The van der Waals surface area contributed by atoms with Crippen molar-refractivity contribution in [1.29, 1.82) is 0 Å². The molecule has 25 heavy (non-hydrogen) atoms. The molecule has 1 saturated heterocycles. The minimum Gasteiger partial charge on any atom is -0.335 e. The average Bonchev–Trinajstić information content (AvgIpc) is 3.10. The molecule has 7 nitrogen and oxygen atoms in total. The summed E-state index contributed by atoms with van der Waals surface area (Å²) in [6.45, 7) is 1.87. The molecule has 1 aromatic rings. The molecule has 0 aromatic carbocycles. The first-order valence-electron chi connectivity index (χ1n) is 8.88. The van der Waals surface area contributed by atoms with Crippen molar-refractivity contribution in [3.8, 4) is 0 Å². The van der Waals surface area contributed by atoms with Crippen molar-refractivity contribution in [2.45, 2.75) is 62.7 Å². The highest BCUT2D eigenvalue weighted by Gasteiger charge is 2.38. The highest BCUT2D eigenvalue weighted by Crippen LogP contribution is 2.29. The minimum absolute atomic E-state index is 0.0275. The molecule has 1 aliphatic carbocycles. The number of sulfone groups is 1. The number of hydrogen-bond acceptors (Lipinski definition) is 6. The number of carbonyl (C=O) groups is 1. The van der Waals surface area contributed by atoms with Crippen LogP contribution in [0.25, 0.3) is 0 Å². The molecule has 140 valence electrons. The summed E-state index contributed by atoms with van der Waals surface area (Å²) in [4.78, 5) is 14.9. The Balaban J connectivity index is 1.71. The molecule has 0 radical (unpaired) electrons. The van der Waals surface area contributed by atoms with Gasteiger partial charge in [-0.2, -0.15) is 0 Å². The highest BCUT2D eigenvalue weighted by molar-refractivity contribution is 7.99. The van der Waals surface area contributed by atoms with Crippen molar-refractivity contribution >= 4 is 27.5 Å². The maximum atomic E-state index is 13.0. The predicted octanol–water partition coefficient (Wildman–Crippen LogP) is 1.56. The molecule has 1 amide bonds. The number of amides is 1. The van der Waals surface area contributed by atoms with Gasteiger partial charge in [0.25, 0.3) is 0 Å². The summed E-state index contributed by atoms with van der Waals surface area (Å²) in [5.74, 6) is 1.42. The molecule has 0 N–H and O–H groups in total. The quantitative estimate of drug-likeness (QED) is 0.714. The first-order valence-corrected chi connectivity index (χ1v) is 11.7. The Morgan fingerprint density at radius 3 is 2.48 bits per heavy atom. The molecule has 3 rings (SSSR count). The van der Waals surface area contributed by atoms with Crippen LogP contribution < -0.4 is 0 Å². The van der Waals surface area contributed by atoms with Crippen molar-refractivity contribution in [2.75, 3.05) is 17.3 Å². The molecule has 2 aliphatic rings. The van der Waals surface area contributed by atoms with Crippen molar-refractivity contribution in [1.82, 2.24) is 19.7 Å². The van der Waals surface area contributed by atoms with E-state index in [0.717, 1.165) is 31.5 Å². The zero-order chi connectivity index (χ0) is 18.0. The number of nitrogens with zero attached hydrogens (tertiary/aromatic N) is 4. The third-order valence-corrected chi connectivity index (χ3v) is 7.99. The Labute approximate surface area is 153 Å². The summed E-state index contributed by atoms with van der Waals surface area (Å²) in [6, 6.07) is 0.0174. The third kappa shape index (κ3) is 4.36. The van der Waals surface area contributed by atoms with Gasteiger partial charge in [-0.3, -0.25) is 4.79 Å². The van der Waals surface area contributed by atoms with Crippen LogP contribution in [-0.4, -0.2) is 63.3 Å². The van der Waals surface area contributed by atoms with Crippen LogP contribution in [0.1, 0.15) is 44.3 Å². The van der Waals surface area contributed by atoms with Crippen molar-refractivity contribution < 1.29 is 13.2 Å². The Morgan fingerprint density at radius 1 is 1.20 bits per heavy atom. The Morgan fingerprint density at radius 2 is 1.92 bits per heavy atom. The first-order chi connectivity index (χ1) is 11.9. The van der Waals surface area contributed by atoms with Crippen LogP contribution >= 0.6 is 11.8 Å². The molecule has 1 aliphatic heterocycles. The fourth-order valence-electron chi connectivity index (χ4n) is 3.77. The van der Waals surface area contributed by atoms with E-state index >= 15 is 0 Å². The molecule has 2 fully saturated rings. The summed E-state index contributed by atoms with van der Waals surface area (Å²) < 4.78 is 25.7. The van der Waals surface area contributed by atoms with Gasteiger partial charge in [0.15, 0.2) is 15.0 Å². The summed E-state index contributed by atoms with van der Waals surface area (Å²) in [7, 11) is -1.13. The van der Waals surface area contributed by atoms with Gasteiger partial charge in [0.1, 0.15) is 5.82 Å². The molecular weight excluding hydrogens is 360 g/mol. The first kappa shape index (κ1) is 18.7. The molecular formula is C16H26N4O3S2. The van der Waals surface area contributed by atoms with Crippen molar-refractivity contribution in [2.24, 2.45) is 7.05 Å². The van der Waals surface area contributed by atoms with Gasteiger partial charge in [-0.15, -0.1) is 10.2 Å². The highest BCUT2D eigenvalue weighted by atomic mass is 32.2. The van der Waals surface area contributed by atoms with E-state index in [4.69, 9.17) is 0 Å². The van der Waals surface area contributed by atoms with Crippen LogP contribution in [0.15, 0.2) is 5.16 Å². The van der Waals surface area contributed by atoms with Gasteiger partial charge in [0.05, 0.1) is 17.3 Å². The largest absolute Gasteiger partial charge is 0.335 e. The Hall–Kier alpha value is -1.09. The van der Waals surface area contributed by atoms with Crippen LogP contribution in [0.5, 0.6) is 0 Å². The number of aromatic nitrogens is 3. The van der Waals surface area contributed by atoms with E-state index in [-0.39, 0.29) is 35.2 Å². The molecule has 1 saturated carbocycles. The molecule has 0 spiro atoms. The molecule has 1 atom stereocenters. The van der Waals surface area contributed by atoms with Crippen LogP contribution in [0.2, 0.25) is 0 Å². The average molecular weight is 387 g/mol. The van der Waals surface area contributed by atoms with Gasteiger partial charge < -0.3 is 9.47 Å². The van der Waals surface area contributed by atoms with Gasteiger partial charge in [-0.25, -0.2) is 8.42 Å². The summed E-state index contributed by atoms with van der Waals surface area (Å²) in [6.07, 6.45) is 5.96. The topological polar surface area (TPSA) is 85.2 Å². The van der Waals surface area contributed by atoms with Gasteiger partial charge in [-0.1, -0.05) is 31.0 Å². The third-order valence-electron chi connectivity index (χ3n) is 5.24. The van der Waals surface area contributed by atoms with Crippen molar-refractivity contribution in [3.63, 3.8) is 0 Å². The van der Waals surface area contributed by atoms with E-state index in [1.165, 1.54) is 18.2 Å². The second-order valence-electron chi connectivity index (χ2n) is 7.03. The predicted molar refractivity (Wildman–Crippen MR) is 97.2 cm³/mol. The SMILES string of the molecule is Cc1nnc(SCC(=O)N(C2CCCCC2)[C@@H]2CCS(=O)(=O)C2)n1C. The van der Waals surface area contributed by atoms with E-state index in [1.54, 1.807) is 0 Å². The second-order valence-corrected chi connectivity index (χ2v) is 10.2. The van der Waals surface area contributed by atoms with E-state index in [1.807, 2.05) is 23.4 Å². The fraction of sp³-hybridized carbons (Fsp3) is 0.812. The number of aryl methyl sites for hydroxylation is 1. The van der Waals surface area contributed by atoms with Gasteiger partial charge >= 0.3 is 0 Å². The number of thioether (sulfide) groups is 1. The fourth-order valence-corrected chi connectivity index (χ4v) is 6.31. The summed E-state index contributed by atoms with van der Waals surface area (Å²) >= 11 is 1.38. The lowest BCUT2D eigenvalue weighted by molar-refractivity contribution is -0.133. The number of hydrogen-bond donors (Lipinski definition) is 0. The Bertz CT molecular complexity index is 726. The zero-order valence-electron chi connectivity index (χ0n) is 14.8. The van der Waals surface area contributed by atoms with Gasteiger partial charge in [0.2, 0.25) is 5.91 Å². The van der Waals surface area contributed by atoms with Crippen LogP contribution in [0, 0.1) is 6.92 Å². The van der Waals surface area contributed by atoms with Crippen LogP contribution in [0.3, 0.4) is 0 Å². The zero-order valence-corrected chi connectivity index (χ0v) is 16.5. The van der Waals surface area contributed by atoms with Gasteiger partial charge in [0, 0.05) is 19.1 Å². The maximum absolute atomic E-state index is 13.0. The second kappa shape index (κ2) is 7.65. The van der Waals surface area contributed by atoms with Crippen LogP contribution in [-0.2, 0) is 21.7 Å². The molecule has 2 heterocycles. The van der Waals surface area contributed by atoms with E-state index in [9.17, 15) is 13.2 Å². The normalized spacial score (nSPS) is 23.7. The van der Waals surface area contributed by atoms with Crippen molar-refractivity contribution in [3.05, 3.63) is 5.82 Å². The lowest BCUT2D eigenvalue weighted by atomic mass is 9.93. The minimum atomic E-state index is -3.01. The van der Waals surface area contributed by atoms with E-state index in [0.29, 0.717) is 11.6 Å². The van der Waals surface area contributed by atoms with E-state index < -0.39 is 9.84 Å². The molecule has 9 heteroatoms. The lowest BCUT2D eigenvalue weighted by Gasteiger charge is -2.38. The number of rotatable bonds is 5. The maximum Gasteiger partial charge on any atom is 0.233 e. The molecule has 0 unspecified atom stereocenters.